The highest BCUT2D eigenvalue weighted by atomic mass is 32.2. The summed E-state index contributed by atoms with van der Waals surface area (Å²) in [6.07, 6.45) is 1.27. The number of hydrogen-bond donors (Lipinski definition) is 2. The Labute approximate surface area is 141 Å². The van der Waals surface area contributed by atoms with Crippen LogP contribution < -0.4 is 10.9 Å². The summed E-state index contributed by atoms with van der Waals surface area (Å²) >= 11 is 1.36. The first-order valence-electron chi connectivity index (χ1n) is 6.79. The first-order valence-corrected chi connectivity index (χ1v) is 7.67. The number of hydrogen-bond acceptors (Lipinski definition) is 5. The maximum Gasteiger partial charge on any atom is 0.270 e. The maximum atomic E-state index is 11.8. The minimum atomic E-state index is -0.642. The molecule has 0 saturated heterocycles. The van der Waals surface area contributed by atoms with E-state index >= 15 is 0 Å². The number of hydrazine groups is 1. The van der Waals surface area contributed by atoms with Crippen molar-refractivity contribution in [1.82, 2.24) is 10.9 Å². The zero-order valence-electron chi connectivity index (χ0n) is 12.3. The van der Waals surface area contributed by atoms with Crippen LogP contribution in [0.15, 0.2) is 71.0 Å². The Hall–Kier alpha value is -3.13. The van der Waals surface area contributed by atoms with Crippen LogP contribution in [0.25, 0.3) is 0 Å². The Morgan fingerprint density at radius 1 is 1.04 bits per heavy atom. The second-order valence-electron chi connectivity index (χ2n) is 4.48. The first kappa shape index (κ1) is 17.2. The molecule has 0 radical (unpaired) electrons. The topological polar surface area (TPSA) is 101 Å². The average Bonchev–Trinajstić information content (AvgIpc) is 2.60. The first-order chi connectivity index (χ1) is 11.6. The smallest absolute Gasteiger partial charge is 0.268 e. The van der Waals surface area contributed by atoms with Crippen molar-refractivity contribution in [1.29, 1.82) is 0 Å². The molecule has 2 rings (SSSR count). The van der Waals surface area contributed by atoms with Gasteiger partial charge >= 0.3 is 0 Å². The normalized spacial score (nSPS) is 10.3. The lowest BCUT2D eigenvalue weighted by Gasteiger charge is -2.05. The van der Waals surface area contributed by atoms with E-state index in [1.54, 1.807) is 5.41 Å². The number of non-ortho nitro benzene ring substituents is 1. The molecule has 0 aliphatic heterocycles. The lowest BCUT2D eigenvalue weighted by Crippen LogP contribution is -2.40. The number of carbonyl (C=O) groups is 2. The fraction of sp³-hybridized carbons (Fsp3) is 0. The van der Waals surface area contributed by atoms with Crippen LogP contribution in [0, 0.1) is 10.1 Å². The summed E-state index contributed by atoms with van der Waals surface area (Å²) in [5, 5.41) is 12.3. The number of nitrogens with zero attached hydrogens (tertiary/aromatic N) is 1. The highest BCUT2D eigenvalue weighted by Crippen LogP contribution is 2.17. The van der Waals surface area contributed by atoms with Crippen LogP contribution in [-0.4, -0.2) is 16.7 Å². The van der Waals surface area contributed by atoms with Gasteiger partial charge in [0.05, 0.1) is 4.92 Å². The molecule has 0 aromatic heterocycles. The van der Waals surface area contributed by atoms with E-state index in [-0.39, 0.29) is 11.3 Å². The lowest BCUT2D eigenvalue weighted by molar-refractivity contribution is -0.384. The second-order valence-corrected chi connectivity index (χ2v) is 5.46. The van der Waals surface area contributed by atoms with E-state index in [0.29, 0.717) is 0 Å². The van der Waals surface area contributed by atoms with Gasteiger partial charge in [-0.05, 0) is 23.6 Å². The molecular weight excluding hydrogens is 330 g/mol. The molecule has 0 aliphatic rings. The van der Waals surface area contributed by atoms with Gasteiger partial charge in [-0.2, -0.15) is 0 Å². The Bertz CT molecular complexity index is 778. The summed E-state index contributed by atoms with van der Waals surface area (Å²) in [6, 6.07) is 14.7. The zero-order chi connectivity index (χ0) is 17.4. The van der Waals surface area contributed by atoms with E-state index < -0.39 is 16.7 Å². The summed E-state index contributed by atoms with van der Waals surface area (Å²) in [7, 11) is 0. The summed E-state index contributed by atoms with van der Waals surface area (Å²) in [5.74, 6) is -1.16. The monoisotopic (exact) mass is 343 g/mol. The Morgan fingerprint density at radius 2 is 1.79 bits per heavy atom. The maximum absolute atomic E-state index is 11.8. The van der Waals surface area contributed by atoms with Gasteiger partial charge in [0.15, 0.2) is 0 Å². The van der Waals surface area contributed by atoms with Crippen molar-refractivity contribution in [3.8, 4) is 0 Å². The minimum absolute atomic E-state index is 0.0761. The van der Waals surface area contributed by atoms with Crippen molar-refractivity contribution < 1.29 is 14.5 Å². The van der Waals surface area contributed by atoms with Crippen LogP contribution in [0.2, 0.25) is 0 Å². The molecular formula is C16H13N3O4S. The molecule has 122 valence electrons. The number of thioether (sulfide) groups is 1. The predicted molar refractivity (Wildman–Crippen MR) is 90.1 cm³/mol. The Morgan fingerprint density at radius 3 is 2.50 bits per heavy atom. The summed E-state index contributed by atoms with van der Waals surface area (Å²) < 4.78 is 0. The molecule has 0 bridgehead atoms. The van der Waals surface area contributed by atoms with Gasteiger partial charge in [0.1, 0.15) is 0 Å². The highest BCUT2D eigenvalue weighted by Gasteiger charge is 2.11. The van der Waals surface area contributed by atoms with Crippen molar-refractivity contribution in [3.05, 3.63) is 81.8 Å². The molecule has 2 amide bonds. The lowest BCUT2D eigenvalue weighted by atomic mass is 10.2. The number of amides is 2. The van der Waals surface area contributed by atoms with Gasteiger partial charge in [-0.3, -0.25) is 30.6 Å². The third-order valence-electron chi connectivity index (χ3n) is 2.79. The number of carbonyl (C=O) groups excluding carboxylic acids is 2. The molecule has 0 saturated carbocycles. The molecule has 7 nitrogen and oxygen atoms in total. The molecule has 8 heteroatoms. The largest absolute Gasteiger partial charge is 0.270 e. The van der Waals surface area contributed by atoms with Gasteiger partial charge in [0.25, 0.3) is 17.5 Å². The van der Waals surface area contributed by atoms with E-state index in [0.717, 1.165) is 11.0 Å². The number of rotatable bonds is 5. The summed E-state index contributed by atoms with van der Waals surface area (Å²) in [5.41, 5.74) is 4.27. The number of benzene rings is 2. The van der Waals surface area contributed by atoms with Gasteiger partial charge in [-0.1, -0.05) is 36.0 Å². The van der Waals surface area contributed by atoms with E-state index in [4.69, 9.17) is 0 Å². The van der Waals surface area contributed by atoms with Crippen molar-refractivity contribution in [2.45, 2.75) is 4.90 Å². The zero-order valence-corrected chi connectivity index (χ0v) is 13.2. The van der Waals surface area contributed by atoms with Gasteiger partial charge < -0.3 is 0 Å². The van der Waals surface area contributed by atoms with Crippen molar-refractivity contribution in [2.24, 2.45) is 0 Å². The van der Waals surface area contributed by atoms with Crippen LogP contribution >= 0.6 is 11.8 Å². The standard InChI is InChI=1S/C16H13N3O4S/c20-15(9-10-24-14-7-2-1-3-8-14)17-18-16(21)12-5-4-6-13(11-12)19(22)23/h1-11H,(H,17,20)(H,18,21)/b10-9+. The molecule has 0 aliphatic carbocycles. The minimum Gasteiger partial charge on any atom is -0.268 e. The van der Waals surface area contributed by atoms with Gasteiger partial charge in [-0.25, -0.2) is 0 Å². The molecule has 0 atom stereocenters. The SMILES string of the molecule is O=C(/C=C/Sc1ccccc1)NNC(=O)c1cccc([N+](=O)[O-])c1. The molecule has 2 aromatic rings. The Kier molecular flexibility index (Phi) is 6.09. The van der Waals surface area contributed by atoms with Crippen LogP contribution in [-0.2, 0) is 4.79 Å². The third-order valence-corrected chi connectivity index (χ3v) is 3.60. The number of nitro benzene ring substituents is 1. The van der Waals surface area contributed by atoms with Gasteiger partial charge in [0.2, 0.25) is 0 Å². The van der Waals surface area contributed by atoms with Crippen LogP contribution in [0.4, 0.5) is 5.69 Å². The van der Waals surface area contributed by atoms with Crippen LogP contribution in [0.1, 0.15) is 10.4 Å². The van der Waals surface area contributed by atoms with Crippen LogP contribution in [0.5, 0.6) is 0 Å². The van der Waals surface area contributed by atoms with Crippen molar-refractivity contribution in [3.63, 3.8) is 0 Å². The van der Waals surface area contributed by atoms with Crippen molar-refractivity contribution >= 4 is 29.3 Å². The van der Waals surface area contributed by atoms with E-state index in [9.17, 15) is 19.7 Å². The van der Waals surface area contributed by atoms with E-state index in [2.05, 4.69) is 10.9 Å². The van der Waals surface area contributed by atoms with E-state index in [1.807, 2.05) is 30.3 Å². The van der Waals surface area contributed by atoms with Gasteiger partial charge in [0, 0.05) is 28.7 Å². The predicted octanol–water partition coefficient (Wildman–Crippen LogP) is 2.66. The fourth-order valence-corrected chi connectivity index (χ4v) is 2.33. The molecule has 0 spiro atoms. The Balaban J connectivity index is 1.84. The van der Waals surface area contributed by atoms with Crippen LogP contribution in [0.3, 0.4) is 0 Å². The summed E-state index contributed by atoms with van der Waals surface area (Å²) in [6.45, 7) is 0. The van der Waals surface area contributed by atoms with Crippen molar-refractivity contribution in [2.75, 3.05) is 0 Å². The molecule has 2 aromatic carbocycles. The average molecular weight is 343 g/mol. The summed E-state index contributed by atoms with van der Waals surface area (Å²) in [4.78, 5) is 34.5. The number of nitrogens with one attached hydrogen (secondary N) is 2. The quantitative estimate of drug-likeness (QED) is 0.376. The van der Waals surface area contributed by atoms with E-state index in [1.165, 1.54) is 36.0 Å². The molecule has 0 fully saturated rings. The fourth-order valence-electron chi connectivity index (χ4n) is 1.67. The molecule has 0 unspecified atom stereocenters. The number of nitro groups is 1. The molecule has 0 heterocycles. The molecule has 24 heavy (non-hydrogen) atoms. The molecule has 2 N–H and O–H groups in total. The second kappa shape index (κ2) is 8.49. The third kappa shape index (κ3) is 5.25. The van der Waals surface area contributed by atoms with Gasteiger partial charge in [-0.15, -0.1) is 0 Å². The highest BCUT2D eigenvalue weighted by molar-refractivity contribution is 8.02.